The summed E-state index contributed by atoms with van der Waals surface area (Å²) in [4.78, 5) is 12.4. The lowest BCUT2D eigenvalue weighted by Gasteiger charge is -2.12. The molecular weight excluding hydrogens is 390 g/mol. The first-order valence-electron chi connectivity index (χ1n) is 7.12. The van der Waals surface area contributed by atoms with Crippen molar-refractivity contribution in [2.45, 2.75) is 0 Å². The highest BCUT2D eigenvalue weighted by atomic mass is 79.9. The minimum Gasteiger partial charge on any atom is -0.493 e. The van der Waals surface area contributed by atoms with Crippen molar-refractivity contribution in [1.29, 1.82) is 0 Å². The van der Waals surface area contributed by atoms with Gasteiger partial charge in [0.15, 0.2) is 17.3 Å². The molecule has 2 aromatic carbocycles. The van der Waals surface area contributed by atoms with Gasteiger partial charge in [0.1, 0.15) is 0 Å². The van der Waals surface area contributed by atoms with Crippen LogP contribution in [0.5, 0.6) is 11.5 Å². The summed E-state index contributed by atoms with van der Waals surface area (Å²) in [6.07, 6.45) is 3.49. The molecule has 4 nitrogen and oxygen atoms in total. The molecule has 0 unspecified atom stereocenters. The van der Waals surface area contributed by atoms with Gasteiger partial charge in [-0.15, -0.1) is 11.8 Å². The van der Waals surface area contributed by atoms with Gasteiger partial charge in [0.2, 0.25) is 0 Å². The van der Waals surface area contributed by atoms with E-state index in [0.717, 1.165) is 15.2 Å². The molecule has 0 saturated heterocycles. The van der Waals surface area contributed by atoms with Gasteiger partial charge >= 0.3 is 0 Å². The molecule has 0 saturated carbocycles. The number of anilines is 1. The summed E-state index contributed by atoms with van der Waals surface area (Å²) in [5, 5.41) is 3.97. The van der Waals surface area contributed by atoms with Gasteiger partial charge in [-0.3, -0.25) is 4.79 Å². The zero-order chi connectivity index (χ0) is 17.5. The lowest BCUT2D eigenvalue weighted by molar-refractivity contribution is 0.104. The van der Waals surface area contributed by atoms with E-state index in [9.17, 15) is 4.79 Å². The van der Waals surface area contributed by atoms with Gasteiger partial charge in [0, 0.05) is 27.9 Å². The Bertz CT molecular complexity index is 762. The fourth-order valence-electron chi connectivity index (χ4n) is 2.06. The topological polar surface area (TPSA) is 47.6 Å². The van der Waals surface area contributed by atoms with Crippen molar-refractivity contribution < 1.29 is 14.3 Å². The molecule has 126 valence electrons. The second-order valence-electron chi connectivity index (χ2n) is 4.75. The fraction of sp³-hybridized carbons (Fsp3) is 0.167. The summed E-state index contributed by atoms with van der Waals surface area (Å²) in [7, 11) is 3.18. The molecule has 0 atom stereocenters. The molecular formula is C18H18BrNO3S. The number of halogens is 1. The van der Waals surface area contributed by atoms with Crippen molar-refractivity contribution in [2.75, 3.05) is 25.8 Å². The third-order valence-electron chi connectivity index (χ3n) is 3.27. The average molecular weight is 408 g/mol. The number of rotatable bonds is 7. The van der Waals surface area contributed by atoms with E-state index in [4.69, 9.17) is 9.47 Å². The van der Waals surface area contributed by atoms with Crippen LogP contribution in [0.4, 0.5) is 5.69 Å². The van der Waals surface area contributed by atoms with E-state index in [2.05, 4.69) is 21.2 Å². The third kappa shape index (κ3) is 4.55. The number of allylic oxidation sites excluding steroid dienone is 1. The van der Waals surface area contributed by atoms with Gasteiger partial charge in [0.05, 0.1) is 19.2 Å². The van der Waals surface area contributed by atoms with Crippen molar-refractivity contribution in [3.8, 4) is 11.5 Å². The number of thioether (sulfide) groups is 1. The average Bonchev–Trinajstić information content (AvgIpc) is 2.61. The van der Waals surface area contributed by atoms with Crippen molar-refractivity contribution in [2.24, 2.45) is 0 Å². The van der Waals surface area contributed by atoms with Crippen LogP contribution in [0.15, 0.2) is 58.0 Å². The van der Waals surface area contributed by atoms with Crippen molar-refractivity contribution in [1.82, 2.24) is 0 Å². The Morgan fingerprint density at radius 2 is 1.83 bits per heavy atom. The third-order valence-corrected chi connectivity index (χ3v) is 4.62. The Balaban J connectivity index is 2.23. The predicted octanol–water partition coefficient (Wildman–Crippen LogP) is 4.97. The predicted molar refractivity (Wildman–Crippen MR) is 103 cm³/mol. The molecule has 1 N–H and O–H groups in total. The SMILES string of the molecule is COc1ccc(NC(=CC(=O)c2ccccc2Br)SC)cc1OC. The summed E-state index contributed by atoms with van der Waals surface area (Å²) in [5.41, 5.74) is 1.44. The van der Waals surface area contributed by atoms with E-state index in [1.807, 2.05) is 42.7 Å². The van der Waals surface area contributed by atoms with Crippen LogP contribution in [-0.4, -0.2) is 26.3 Å². The molecule has 24 heavy (non-hydrogen) atoms. The number of nitrogens with one attached hydrogen (secondary N) is 1. The largest absolute Gasteiger partial charge is 0.493 e. The van der Waals surface area contributed by atoms with Crippen LogP contribution in [0.25, 0.3) is 0 Å². The van der Waals surface area contributed by atoms with Gasteiger partial charge < -0.3 is 14.8 Å². The Morgan fingerprint density at radius 3 is 2.46 bits per heavy atom. The molecule has 0 heterocycles. The monoisotopic (exact) mass is 407 g/mol. The first-order chi connectivity index (χ1) is 11.6. The maximum atomic E-state index is 12.4. The Kier molecular flexibility index (Phi) is 6.75. The first kappa shape index (κ1) is 18.4. The second-order valence-corrected chi connectivity index (χ2v) is 6.45. The molecule has 0 radical (unpaired) electrons. The number of ether oxygens (including phenoxy) is 2. The summed E-state index contributed by atoms with van der Waals surface area (Å²) < 4.78 is 11.3. The van der Waals surface area contributed by atoms with E-state index in [0.29, 0.717) is 17.1 Å². The van der Waals surface area contributed by atoms with Crippen molar-refractivity contribution in [3.63, 3.8) is 0 Å². The normalized spacial score (nSPS) is 11.1. The molecule has 0 bridgehead atoms. The minimum absolute atomic E-state index is 0.0696. The number of hydrogen-bond acceptors (Lipinski definition) is 5. The number of methoxy groups -OCH3 is 2. The number of carbonyl (C=O) groups is 1. The van der Waals surface area contributed by atoms with Crippen molar-refractivity contribution in [3.05, 3.63) is 63.6 Å². The summed E-state index contributed by atoms with van der Waals surface area (Å²) in [6.45, 7) is 0. The fourth-order valence-corrected chi connectivity index (χ4v) is 2.99. The van der Waals surface area contributed by atoms with Gasteiger partial charge in [0.25, 0.3) is 0 Å². The van der Waals surface area contributed by atoms with E-state index >= 15 is 0 Å². The van der Waals surface area contributed by atoms with Crippen LogP contribution < -0.4 is 14.8 Å². The highest BCUT2D eigenvalue weighted by Crippen LogP contribution is 2.31. The lowest BCUT2D eigenvalue weighted by atomic mass is 10.1. The van der Waals surface area contributed by atoms with Crippen LogP contribution in [0, 0.1) is 0 Å². The van der Waals surface area contributed by atoms with Gasteiger partial charge in [-0.2, -0.15) is 0 Å². The smallest absolute Gasteiger partial charge is 0.189 e. The number of carbonyl (C=O) groups excluding carboxylic acids is 1. The number of hydrogen-bond donors (Lipinski definition) is 1. The molecule has 0 fully saturated rings. The first-order valence-corrected chi connectivity index (χ1v) is 9.14. The maximum Gasteiger partial charge on any atom is 0.189 e. The Morgan fingerprint density at radius 1 is 1.12 bits per heavy atom. The standard InChI is InChI=1S/C18H18BrNO3S/c1-22-16-9-8-12(10-17(16)23-2)20-18(24-3)11-15(21)13-6-4-5-7-14(13)19/h4-11,20H,1-3H3. The number of ketones is 1. The Hall–Kier alpha value is -1.92. The highest BCUT2D eigenvalue weighted by Gasteiger charge is 2.10. The molecule has 0 amide bonds. The summed E-state index contributed by atoms with van der Waals surface area (Å²) >= 11 is 4.86. The van der Waals surface area contributed by atoms with E-state index in [1.54, 1.807) is 26.4 Å². The second kappa shape index (κ2) is 8.80. The van der Waals surface area contributed by atoms with E-state index in [1.165, 1.54) is 11.8 Å². The molecule has 0 aliphatic carbocycles. The number of benzene rings is 2. The van der Waals surface area contributed by atoms with Gasteiger partial charge in [-0.25, -0.2) is 0 Å². The zero-order valence-corrected chi connectivity index (χ0v) is 16.0. The van der Waals surface area contributed by atoms with E-state index in [-0.39, 0.29) is 5.78 Å². The quantitative estimate of drug-likeness (QED) is 0.518. The van der Waals surface area contributed by atoms with Crippen LogP contribution in [0.3, 0.4) is 0 Å². The molecule has 0 aliphatic rings. The van der Waals surface area contributed by atoms with Gasteiger partial charge in [-0.1, -0.05) is 28.1 Å². The molecule has 0 aliphatic heterocycles. The van der Waals surface area contributed by atoms with Crippen LogP contribution in [0.2, 0.25) is 0 Å². The van der Waals surface area contributed by atoms with Gasteiger partial charge in [-0.05, 0) is 30.5 Å². The molecule has 0 aromatic heterocycles. The minimum atomic E-state index is -0.0696. The van der Waals surface area contributed by atoms with Crippen LogP contribution in [-0.2, 0) is 0 Å². The Labute approximate surface area is 154 Å². The molecule has 2 rings (SSSR count). The summed E-state index contributed by atoms with van der Waals surface area (Å²) in [5.74, 6) is 1.21. The highest BCUT2D eigenvalue weighted by molar-refractivity contribution is 9.10. The molecule has 6 heteroatoms. The van der Waals surface area contributed by atoms with Crippen LogP contribution in [0.1, 0.15) is 10.4 Å². The zero-order valence-electron chi connectivity index (χ0n) is 13.6. The molecule has 2 aromatic rings. The molecule has 0 spiro atoms. The summed E-state index contributed by atoms with van der Waals surface area (Å²) in [6, 6.07) is 12.9. The van der Waals surface area contributed by atoms with Crippen molar-refractivity contribution >= 4 is 39.2 Å². The lowest BCUT2D eigenvalue weighted by Crippen LogP contribution is -2.02. The maximum absolute atomic E-state index is 12.4. The van der Waals surface area contributed by atoms with Crippen LogP contribution >= 0.6 is 27.7 Å². The van der Waals surface area contributed by atoms with E-state index < -0.39 is 0 Å².